The number of fused-ring (bicyclic) bond motifs is 1. The first kappa shape index (κ1) is 33.8. The third-order valence-corrected chi connectivity index (χ3v) is 9.10. The fourth-order valence-electron chi connectivity index (χ4n) is 6.67. The average molecular weight is 689 g/mol. The number of hydrogen-bond donors (Lipinski definition) is 2. The van der Waals surface area contributed by atoms with Crippen molar-refractivity contribution < 1.29 is 33.3 Å². The van der Waals surface area contributed by atoms with Crippen LogP contribution in [0.15, 0.2) is 6.33 Å². The van der Waals surface area contributed by atoms with E-state index in [9.17, 15) is 14.4 Å². The molecule has 3 aliphatic rings. The van der Waals surface area contributed by atoms with Crippen molar-refractivity contribution >= 4 is 46.6 Å². The van der Waals surface area contributed by atoms with E-state index in [1.54, 1.807) is 10.9 Å². The second-order valence-corrected chi connectivity index (χ2v) is 14.0. The minimum Gasteiger partial charge on any atom is -0.456 e. The molecule has 0 radical (unpaired) electrons. The van der Waals surface area contributed by atoms with Gasteiger partial charge in [0.2, 0.25) is 11.1 Å². The number of carbonyl (C=O) groups is 3. The summed E-state index contributed by atoms with van der Waals surface area (Å²) < 4.78 is 24.7. The van der Waals surface area contributed by atoms with Crippen LogP contribution in [0.25, 0.3) is 11.2 Å². The maximum Gasteiger partial charge on any atom is 0.407 e. The van der Waals surface area contributed by atoms with E-state index in [1.165, 1.54) is 18.6 Å². The number of alkyl carbamates (subject to hydrolysis) is 1. The van der Waals surface area contributed by atoms with Crippen LogP contribution in [-0.4, -0.2) is 93.8 Å². The van der Waals surface area contributed by atoms with Gasteiger partial charge in [-0.25, -0.2) is 9.78 Å². The predicted molar refractivity (Wildman–Crippen MR) is 169 cm³/mol. The summed E-state index contributed by atoms with van der Waals surface area (Å²) in [4.78, 5) is 51.4. The van der Waals surface area contributed by atoms with Gasteiger partial charge in [0.25, 0.3) is 0 Å². The number of carbonyl (C=O) groups excluding carboxylic acids is 3. The van der Waals surface area contributed by atoms with Crippen molar-refractivity contribution in [3.8, 4) is 0 Å². The van der Waals surface area contributed by atoms with Crippen LogP contribution in [-0.2, 0) is 41.6 Å². The molecule has 3 fully saturated rings. The first-order chi connectivity index (χ1) is 22.7. The lowest BCUT2D eigenvalue weighted by Crippen LogP contribution is -2.41. The number of rotatable bonds is 9. The summed E-state index contributed by atoms with van der Waals surface area (Å²) in [7, 11) is 0. The van der Waals surface area contributed by atoms with E-state index in [1.807, 2.05) is 27.7 Å². The summed E-state index contributed by atoms with van der Waals surface area (Å²) in [5.41, 5.74) is 0.524. The van der Waals surface area contributed by atoms with Gasteiger partial charge in [-0.05, 0) is 82.0 Å². The Hall–Kier alpha value is -4.12. The largest absolute Gasteiger partial charge is 0.456 e. The highest BCUT2D eigenvalue weighted by molar-refractivity contribution is 6.28. The summed E-state index contributed by atoms with van der Waals surface area (Å²) in [5, 5.41) is 19.0. The molecule has 6 rings (SSSR count). The van der Waals surface area contributed by atoms with Crippen molar-refractivity contribution in [2.45, 2.75) is 129 Å². The molecule has 48 heavy (non-hydrogen) atoms. The molecule has 18 heteroatoms. The maximum atomic E-state index is 12.3. The Bertz CT molecular complexity index is 1680. The molecule has 5 atom stereocenters. The number of ether oxygens (including phenoxy) is 4. The third kappa shape index (κ3) is 7.31. The van der Waals surface area contributed by atoms with Gasteiger partial charge in [0.05, 0.1) is 19.4 Å². The molecule has 2 N–H and O–H groups in total. The number of aromatic nitrogens is 8. The number of esters is 2. The lowest BCUT2D eigenvalue weighted by atomic mass is 9.83. The van der Waals surface area contributed by atoms with Crippen LogP contribution in [0.5, 0.6) is 0 Å². The average Bonchev–Trinajstić information content (AvgIpc) is 3.33. The molecule has 3 aromatic heterocycles. The van der Waals surface area contributed by atoms with Crippen LogP contribution in [0.2, 0.25) is 5.28 Å². The van der Waals surface area contributed by atoms with Crippen molar-refractivity contribution in [3.05, 3.63) is 17.4 Å². The number of hydrogen-bond acceptors (Lipinski definition) is 14. The van der Waals surface area contributed by atoms with Crippen molar-refractivity contribution in [2.75, 3.05) is 5.32 Å². The second-order valence-electron chi connectivity index (χ2n) is 13.7. The fraction of sp³-hybridized carbons (Fsp3) is 0.700. The molecule has 17 nitrogen and oxygen atoms in total. The summed E-state index contributed by atoms with van der Waals surface area (Å²) in [6.45, 7) is 10.5. The standard InChI is InChI=1S/C30H41ClN10O7/c1-7-41-38-25(37-39-41)23-22(46-16(3)43)21(45-15(2)42)18(47-23)13-40-14-32-20-24(35-27(31)36-26(20)40)34-19-12-30(19)10-8-17(9-11-30)33-28(44)48-29(4,5)6/h14,17-19,21-23H,7-13H2,1-6H3,(H,33,44)(H,34,35,36)/t17?,18?,19?,21-,22-,23-,30?/m0/s1. The summed E-state index contributed by atoms with van der Waals surface area (Å²) in [6.07, 6.45) is 2.05. The second kappa shape index (κ2) is 13.1. The van der Waals surface area contributed by atoms with E-state index in [-0.39, 0.29) is 41.2 Å². The Labute approximate surface area is 281 Å². The summed E-state index contributed by atoms with van der Waals surface area (Å²) >= 11 is 6.42. The van der Waals surface area contributed by atoms with Gasteiger partial charge in [-0.3, -0.25) is 9.59 Å². The van der Waals surface area contributed by atoms with Crippen LogP contribution in [0, 0.1) is 5.41 Å². The third-order valence-electron chi connectivity index (χ3n) is 8.94. The highest BCUT2D eigenvalue weighted by Crippen LogP contribution is 2.57. The van der Waals surface area contributed by atoms with Crippen molar-refractivity contribution in [3.63, 3.8) is 0 Å². The number of imidazole rings is 1. The number of nitrogens with one attached hydrogen (secondary N) is 2. The molecule has 1 amide bonds. The topological polar surface area (TPSA) is 199 Å². The number of aryl methyl sites for hydroxylation is 1. The molecule has 0 bridgehead atoms. The van der Waals surface area contributed by atoms with Crippen molar-refractivity contribution in [2.24, 2.45) is 5.41 Å². The Balaban J connectivity index is 1.17. The van der Waals surface area contributed by atoms with Gasteiger partial charge >= 0.3 is 18.0 Å². The first-order valence-electron chi connectivity index (χ1n) is 16.2. The Morgan fingerprint density at radius 2 is 1.81 bits per heavy atom. The Morgan fingerprint density at radius 3 is 2.46 bits per heavy atom. The molecule has 1 saturated heterocycles. The molecule has 2 aliphatic carbocycles. The molecule has 260 valence electrons. The van der Waals surface area contributed by atoms with Crippen molar-refractivity contribution in [1.82, 2.24) is 45.0 Å². The summed E-state index contributed by atoms with van der Waals surface area (Å²) in [6, 6.07) is 0.241. The zero-order valence-corrected chi connectivity index (χ0v) is 28.6. The summed E-state index contributed by atoms with van der Waals surface area (Å²) in [5.74, 6) is -0.442. The van der Waals surface area contributed by atoms with Gasteiger partial charge in [-0.2, -0.15) is 14.8 Å². The zero-order chi connectivity index (χ0) is 34.4. The van der Waals surface area contributed by atoms with Crippen LogP contribution in [0.4, 0.5) is 10.6 Å². The van der Waals surface area contributed by atoms with Gasteiger partial charge in [0.1, 0.15) is 11.7 Å². The van der Waals surface area contributed by atoms with Gasteiger partial charge in [-0.1, -0.05) is 0 Å². The first-order valence-corrected chi connectivity index (χ1v) is 16.5. The van der Waals surface area contributed by atoms with Gasteiger partial charge < -0.3 is 34.1 Å². The fourth-order valence-corrected chi connectivity index (χ4v) is 6.83. The smallest absolute Gasteiger partial charge is 0.407 e. The molecule has 3 aromatic rings. The van der Waals surface area contributed by atoms with E-state index in [4.69, 9.17) is 30.5 Å². The zero-order valence-electron chi connectivity index (χ0n) is 27.8. The van der Waals surface area contributed by atoms with Gasteiger partial charge in [-0.15, -0.1) is 10.2 Å². The quantitative estimate of drug-likeness (QED) is 0.189. The molecule has 2 unspecified atom stereocenters. The number of anilines is 1. The minimum absolute atomic E-state index is 0.0339. The van der Waals surface area contributed by atoms with Gasteiger partial charge in [0, 0.05) is 25.9 Å². The number of amides is 1. The molecule has 2 saturated carbocycles. The number of tetrazole rings is 1. The van der Waals surface area contributed by atoms with Crippen LogP contribution < -0.4 is 10.6 Å². The van der Waals surface area contributed by atoms with E-state index in [0.29, 0.717) is 23.5 Å². The van der Waals surface area contributed by atoms with E-state index in [0.717, 1.165) is 32.1 Å². The SMILES string of the molecule is CCn1nnc([C@H]2OC(Cn3cnc4c(NC5CC56CCC(NC(=O)OC(C)(C)C)CC6)nc(Cl)nc43)[C@H](OC(C)=O)[C@@H]2OC(C)=O)n1. The van der Waals surface area contributed by atoms with Gasteiger partial charge in [0.15, 0.2) is 35.3 Å². The van der Waals surface area contributed by atoms with Crippen LogP contribution >= 0.6 is 11.6 Å². The van der Waals surface area contributed by atoms with E-state index >= 15 is 0 Å². The predicted octanol–water partition coefficient (Wildman–Crippen LogP) is 3.13. The van der Waals surface area contributed by atoms with Crippen LogP contribution in [0.1, 0.15) is 85.6 Å². The van der Waals surface area contributed by atoms with Crippen molar-refractivity contribution in [1.29, 1.82) is 0 Å². The highest BCUT2D eigenvalue weighted by Gasteiger charge is 2.56. The van der Waals surface area contributed by atoms with E-state index < -0.39 is 42.0 Å². The number of halogens is 1. The lowest BCUT2D eigenvalue weighted by molar-refractivity contribution is -0.164. The maximum absolute atomic E-state index is 12.3. The Morgan fingerprint density at radius 1 is 1.10 bits per heavy atom. The normalized spacial score (nSPS) is 28.3. The monoisotopic (exact) mass is 688 g/mol. The number of nitrogens with zero attached hydrogens (tertiary/aromatic N) is 8. The molecular formula is C30H41ClN10O7. The van der Waals surface area contributed by atoms with E-state index in [2.05, 4.69) is 41.0 Å². The molecule has 1 aliphatic heterocycles. The molecular weight excluding hydrogens is 648 g/mol. The Kier molecular flexibility index (Phi) is 9.19. The highest BCUT2D eigenvalue weighted by atomic mass is 35.5. The molecule has 0 aromatic carbocycles. The molecule has 1 spiro atoms. The minimum atomic E-state index is -1.02. The molecule has 4 heterocycles. The lowest BCUT2D eigenvalue weighted by Gasteiger charge is -2.31. The van der Waals surface area contributed by atoms with Crippen LogP contribution in [0.3, 0.4) is 0 Å².